The number of carbonyl (C=O) groups excluding carboxylic acids is 1. The zero-order chi connectivity index (χ0) is 16.7. The summed E-state index contributed by atoms with van der Waals surface area (Å²) < 4.78 is 14.8. The third kappa shape index (κ3) is 2.71. The smallest absolute Gasteiger partial charge is 0.257 e. The summed E-state index contributed by atoms with van der Waals surface area (Å²) in [5, 5.41) is 7.92. The first-order valence-electron chi connectivity index (χ1n) is 8.47. The number of benzene rings is 1. The average Bonchev–Trinajstić information content (AvgIpc) is 3.10. The number of rotatable bonds is 2. The molecule has 2 aliphatic heterocycles. The van der Waals surface area contributed by atoms with E-state index in [2.05, 4.69) is 10.4 Å². The maximum absolute atomic E-state index is 13.1. The number of carbonyl (C=O) groups is 1. The van der Waals surface area contributed by atoms with Crippen molar-refractivity contribution >= 4 is 5.91 Å². The summed E-state index contributed by atoms with van der Waals surface area (Å²) in [5.41, 5.74) is 2.16. The highest BCUT2D eigenvalue weighted by atomic mass is 19.1. The van der Waals surface area contributed by atoms with E-state index in [1.54, 1.807) is 23.0 Å². The van der Waals surface area contributed by atoms with E-state index in [1.807, 2.05) is 11.8 Å². The number of nitrogens with zero attached hydrogens (tertiary/aromatic N) is 3. The van der Waals surface area contributed by atoms with E-state index in [0.717, 1.165) is 37.3 Å². The summed E-state index contributed by atoms with van der Waals surface area (Å²) in [6, 6.07) is 7.09. The van der Waals surface area contributed by atoms with E-state index < -0.39 is 0 Å². The molecule has 3 heterocycles. The topological polar surface area (TPSA) is 50.2 Å². The molecule has 0 saturated carbocycles. The second kappa shape index (κ2) is 6.02. The molecule has 0 spiro atoms. The van der Waals surface area contributed by atoms with Gasteiger partial charge >= 0.3 is 0 Å². The first kappa shape index (κ1) is 15.3. The third-order valence-corrected chi connectivity index (χ3v) is 5.12. The molecular formula is C18H21FN4O. The van der Waals surface area contributed by atoms with E-state index in [1.165, 1.54) is 18.6 Å². The Morgan fingerprint density at radius 3 is 2.75 bits per heavy atom. The van der Waals surface area contributed by atoms with Crippen LogP contribution in [0, 0.1) is 12.7 Å². The van der Waals surface area contributed by atoms with Gasteiger partial charge in [0.25, 0.3) is 5.91 Å². The number of aromatic nitrogens is 2. The molecule has 6 heteroatoms. The Labute approximate surface area is 140 Å². The summed E-state index contributed by atoms with van der Waals surface area (Å²) in [5.74, 6) is -0.248. The second-order valence-electron chi connectivity index (χ2n) is 6.71. The fourth-order valence-electron chi connectivity index (χ4n) is 3.76. The summed E-state index contributed by atoms with van der Waals surface area (Å²) in [7, 11) is 0. The van der Waals surface area contributed by atoms with E-state index in [0.29, 0.717) is 17.6 Å². The summed E-state index contributed by atoms with van der Waals surface area (Å²) in [6.07, 6.45) is 4.99. The third-order valence-electron chi connectivity index (χ3n) is 5.12. The van der Waals surface area contributed by atoms with Crippen LogP contribution in [-0.4, -0.2) is 45.8 Å². The molecule has 2 fully saturated rings. The lowest BCUT2D eigenvalue weighted by molar-refractivity contribution is 0.0747. The van der Waals surface area contributed by atoms with Crippen molar-refractivity contribution in [3.05, 3.63) is 47.5 Å². The maximum atomic E-state index is 13.1. The van der Waals surface area contributed by atoms with Crippen LogP contribution in [0.3, 0.4) is 0 Å². The predicted molar refractivity (Wildman–Crippen MR) is 88.7 cm³/mol. The van der Waals surface area contributed by atoms with Gasteiger partial charge in [0, 0.05) is 25.2 Å². The molecule has 1 aromatic carbocycles. The van der Waals surface area contributed by atoms with Crippen LogP contribution in [0.2, 0.25) is 0 Å². The normalized spacial score (nSPS) is 23.3. The summed E-state index contributed by atoms with van der Waals surface area (Å²) >= 11 is 0. The van der Waals surface area contributed by atoms with Gasteiger partial charge in [-0.2, -0.15) is 5.10 Å². The number of amides is 1. The highest BCUT2D eigenvalue weighted by Gasteiger charge is 2.32. The molecular weight excluding hydrogens is 307 g/mol. The Bertz CT molecular complexity index is 755. The van der Waals surface area contributed by atoms with E-state index in [9.17, 15) is 9.18 Å². The minimum absolute atomic E-state index is 0.0372. The molecule has 24 heavy (non-hydrogen) atoms. The van der Waals surface area contributed by atoms with E-state index >= 15 is 0 Å². The largest absolute Gasteiger partial charge is 0.337 e. The van der Waals surface area contributed by atoms with Crippen LogP contribution in [0.4, 0.5) is 4.39 Å². The molecule has 0 aliphatic carbocycles. The number of hydrogen-bond acceptors (Lipinski definition) is 3. The number of hydrogen-bond donors (Lipinski definition) is 1. The fraction of sp³-hybridized carbons (Fsp3) is 0.444. The van der Waals surface area contributed by atoms with Crippen LogP contribution >= 0.6 is 0 Å². The first-order valence-corrected chi connectivity index (χ1v) is 8.47. The molecule has 2 saturated heterocycles. The van der Waals surface area contributed by atoms with Crippen LogP contribution in [0.5, 0.6) is 0 Å². The molecule has 0 unspecified atom stereocenters. The van der Waals surface area contributed by atoms with Gasteiger partial charge in [-0.25, -0.2) is 9.07 Å². The van der Waals surface area contributed by atoms with Gasteiger partial charge in [-0.05, 0) is 50.5 Å². The second-order valence-corrected chi connectivity index (χ2v) is 6.71. The van der Waals surface area contributed by atoms with Gasteiger partial charge in [-0.15, -0.1) is 0 Å². The summed E-state index contributed by atoms with van der Waals surface area (Å²) in [4.78, 5) is 14.9. The minimum Gasteiger partial charge on any atom is -0.337 e. The van der Waals surface area contributed by atoms with Gasteiger partial charge in [-0.3, -0.25) is 4.79 Å². The van der Waals surface area contributed by atoms with Gasteiger partial charge in [0.1, 0.15) is 5.82 Å². The first-order chi connectivity index (χ1) is 11.6. The number of halogens is 1. The Morgan fingerprint density at radius 2 is 1.96 bits per heavy atom. The Hall–Kier alpha value is -2.21. The Morgan fingerprint density at radius 1 is 1.21 bits per heavy atom. The molecule has 1 aromatic heterocycles. The van der Waals surface area contributed by atoms with Crippen LogP contribution in [-0.2, 0) is 0 Å². The lowest BCUT2D eigenvalue weighted by Crippen LogP contribution is -2.39. The standard InChI is InChI=1S/C18H21FN4O/c1-12-17(10-20-23(12)16-6-2-13(19)3-7-16)18(24)22-9-8-14-4-5-15(11-22)21-14/h2-3,6-7,10,14-15,21H,4-5,8-9,11H2,1H3/t14-,15+/m1/s1. The van der Waals surface area contributed by atoms with Crippen LogP contribution in [0.1, 0.15) is 35.3 Å². The average molecular weight is 328 g/mol. The highest BCUT2D eigenvalue weighted by molar-refractivity contribution is 5.95. The number of fused-ring (bicyclic) bond motifs is 2. The SMILES string of the molecule is Cc1c(C(=O)N2CC[C@H]3CC[C@@H](C2)N3)cnn1-c1ccc(F)cc1. The molecule has 5 nitrogen and oxygen atoms in total. The van der Waals surface area contributed by atoms with Crippen LogP contribution in [0.25, 0.3) is 5.69 Å². The van der Waals surface area contributed by atoms with Gasteiger partial charge < -0.3 is 10.2 Å². The zero-order valence-electron chi connectivity index (χ0n) is 13.7. The Kier molecular flexibility index (Phi) is 3.84. The van der Waals surface area contributed by atoms with Gasteiger partial charge in [-0.1, -0.05) is 0 Å². The lowest BCUT2D eigenvalue weighted by atomic mass is 10.1. The minimum atomic E-state index is -0.285. The van der Waals surface area contributed by atoms with Gasteiger partial charge in [0.2, 0.25) is 0 Å². The van der Waals surface area contributed by atoms with Gasteiger partial charge in [0.15, 0.2) is 0 Å². The number of likely N-dealkylation sites (tertiary alicyclic amines) is 1. The monoisotopic (exact) mass is 328 g/mol. The van der Waals surface area contributed by atoms with E-state index in [-0.39, 0.29) is 11.7 Å². The van der Waals surface area contributed by atoms with Gasteiger partial charge in [0.05, 0.1) is 23.1 Å². The van der Waals surface area contributed by atoms with Crippen LogP contribution < -0.4 is 5.32 Å². The molecule has 1 amide bonds. The zero-order valence-corrected chi connectivity index (χ0v) is 13.7. The molecule has 0 radical (unpaired) electrons. The van der Waals surface area contributed by atoms with Crippen molar-refractivity contribution in [1.82, 2.24) is 20.0 Å². The quantitative estimate of drug-likeness (QED) is 0.920. The molecule has 2 aliphatic rings. The molecule has 126 valence electrons. The predicted octanol–water partition coefficient (Wildman–Crippen LogP) is 2.29. The fourth-order valence-corrected chi connectivity index (χ4v) is 3.76. The molecule has 1 N–H and O–H groups in total. The summed E-state index contributed by atoms with van der Waals surface area (Å²) in [6.45, 7) is 3.43. The molecule has 2 bridgehead atoms. The van der Waals surface area contributed by atoms with Crippen molar-refractivity contribution in [2.45, 2.75) is 38.3 Å². The Balaban J connectivity index is 1.58. The molecule has 2 aromatic rings. The van der Waals surface area contributed by atoms with Crippen molar-refractivity contribution < 1.29 is 9.18 Å². The van der Waals surface area contributed by atoms with Crippen molar-refractivity contribution in [3.8, 4) is 5.69 Å². The highest BCUT2D eigenvalue weighted by Crippen LogP contribution is 2.23. The number of nitrogens with one attached hydrogen (secondary N) is 1. The van der Waals surface area contributed by atoms with Crippen molar-refractivity contribution in [3.63, 3.8) is 0 Å². The van der Waals surface area contributed by atoms with Crippen LogP contribution in [0.15, 0.2) is 30.5 Å². The van der Waals surface area contributed by atoms with Crippen molar-refractivity contribution in [2.75, 3.05) is 13.1 Å². The molecule has 2 atom stereocenters. The molecule has 4 rings (SSSR count). The van der Waals surface area contributed by atoms with E-state index in [4.69, 9.17) is 0 Å². The van der Waals surface area contributed by atoms with Crippen molar-refractivity contribution in [2.24, 2.45) is 0 Å². The van der Waals surface area contributed by atoms with Crippen molar-refractivity contribution in [1.29, 1.82) is 0 Å². The maximum Gasteiger partial charge on any atom is 0.257 e. The lowest BCUT2D eigenvalue weighted by Gasteiger charge is -2.24.